The molecule has 0 aromatic heterocycles. The summed E-state index contributed by atoms with van der Waals surface area (Å²) >= 11 is 0. The first-order valence-corrected chi connectivity index (χ1v) is 6.10. The summed E-state index contributed by atoms with van der Waals surface area (Å²) in [6.07, 6.45) is 5.98. The van der Waals surface area contributed by atoms with E-state index < -0.39 is 0 Å². The Bertz CT molecular complexity index is 120. The van der Waals surface area contributed by atoms with Gasteiger partial charge in [0.05, 0.1) is 0 Å². The lowest BCUT2D eigenvalue weighted by Gasteiger charge is -2.32. The van der Waals surface area contributed by atoms with Crippen LogP contribution in [-0.2, 0) is 0 Å². The summed E-state index contributed by atoms with van der Waals surface area (Å²) in [6, 6.07) is 0.344. The van der Waals surface area contributed by atoms with Crippen molar-refractivity contribution in [1.29, 1.82) is 0 Å². The molecule has 0 spiro atoms. The highest BCUT2D eigenvalue weighted by molar-refractivity contribution is 4.83. The maximum atomic E-state index is 5.71. The van der Waals surface area contributed by atoms with E-state index in [0.717, 1.165) is 13.0 Å². The van der Waals surface area contributed by atoms with Crippen LogP contribution in [0.4, 0.5) is 0 Å². The molecule has 0 saturated heterocycles. The minimum atomic E-state index is 0.344. The first kappa shape index (κ1) is 13.9. The number of hydrogen-bond donors (Lipinski definition) is 2. The van der Waals surface area contributed by atoms with E-state index in [4.69, 9.17) is 5.73 Å². The van der Waals surface area contributed by atoms with Gasteiger partial charge < -0.3 is 11.1 Å². The molecule has 1 atom stereocenters. The average molecular weight is 200 g/mol. The summed E-state index contributed by atoms with van der Waals surface area (Å²) in [6.45, 7) is 9.99. The van der Waals surface area contributed by atoms with Gasteiger partial charge in [0, 0.05) is 11.6 Å². The molecule has 0 aliphatic rings. The zero-order chi connectivity index (χ0) is 11.0. The summed E-state index contributed by atoms with van der Waals surface area (Å²) in [7, 11) is 0. The predicted octanol–water partition coefficient (Wildman–Crippen LogP) is 2.67. The summed E-state index contributed by atoms with van der Waals surface area (Å²) < 4.78 is 0. The van der Waals surface area contributed by atoms with Crippen LogP contribution in [0.1, 0.15) is 59.8 Å². The molecule has 0 saturated carbocycles. The monoisotopic (exact) mass is 200 g/mol. The fraction of sp³-hybridized carbons (Fsp3) is 1.00. The third-order valence-corrected chi connectivity index (χ3v) is 3.37. The number of rotatable bonds is 8. The predicted molar refractivity (Wildman–Crippen MR) is 64.5 cm³/mol. The van der Waals surface area contributed by atoms with Gasteiger partial charge in [0.25, 0.3) is 0 Å². The van der Waals surface area contributed by atoms with Crippen molar-refractivity contribution >= 4 is 0 Å². The third kappa shape index (κ3) is 4.97. The van der Waals surface area contributed by atoms with Gasteiger partial charge in [0.2, 0.25) is 0 Å². The Hall–Kier alpha value is -0.0800. The zero-order valence-electron chi connectivity index (χ0n) is 10.4. The number of nitrogens with two attached hydrogens (primary N) is 1. The molecule has 0 amide bonds. The van der Waals surface area contributed by atoms with Gasteiger partial charge in [-0.15, -0.1) is 0 Å². The maximum absolute atomic E-state index is 5.71. The second-order valence-corrected chi connectivity index (χ2v) is 4.39. The van der Waals surface area contributed by atoms with Crippen molar-refractivity contribution < 1.29 is 0 Å². The molecule has 3 N–H and O–H groups in total. The number of hydrogen-bond acceptors (Lipinski definition) is 2. The van der Waals surface area contributed by atoms with Crippen molar-refractivity contribution in [3.63, 3.8) is 0 Å². The standard InChI is InChI=1S/C12H28N2/c1-5-12(6-2,7-3)14-10-8-9-11(4)13/h11,14H,5-10,13H2,1-4H3. The van der Waals surface area contributed by atoms with Gasteiger partial charge in [-0.2, -0.15) is 0 Å². The fourth-order valence-electron chi connectivity index (χ4n) is 1.90. The molecule has 0 heterocycles. The van der Waals surface area contributed by atoms with Crippen LogP contribution in [-0.4, -0.2) is 18.1 Å². The second kappa shape index (κ2) is 7.24. The lowest BCUT2D eigenvalue weighted by atomic mass is 9.89. The van der Waals surface area contributed by atoms with Crippen LogP contribution in [0.25, 0.3) is 0 Å². The topological polar surface area (TPSA) is 38.0 Å². The molecule has 0 fully saturated rings. The average Bonchev–Trinajstić information content (AvgIpc) is 2.19. The van der Waals surface area contributed by atoms with E-state index in [-0.39, 0.29) is 0 Å². The van der Waals surface area contributed by atoms with Crippen LogP contribution in [0.2, 0.25) is 0 Å². The van der Waals surface area contributed by atoms with Crippen molar-refractivity contribution in [2.75, 3.05) is 6.54 Å². The van der Waals surface area contributed by atoms with Crippen LogP contribution < -0.4 is 11.1 Å². The van der Waals surface area contributed by atoms with Gasteiger partial charge in [0.15, 0.2) is 0 Å². The normalized spacial score (nSPS) is 14.4. The molecular weight excluding hydrogens is 172 g/mol. The Labute approximate surface area is 89.6 Å². The highest BCUT2D eigenvalue weighted by Crippen LogP contribution is 2.18. The van der Waals surface area contributed by atoms with Crippen LogP contribution >= 0.6 is 0 Å². The molecule has 1 unspecified atom stereocenters. The molecule has 2 nitrogen and oxygen atoms in total. The van der Waals surface area contributed by atoms with Gasteiger partial charge in [-0.1, -0.05) is 20.8 Å². The van der Waals surface area contributed by atoms with Gasteiger partial charge in [-0.05, 0) is 45.6 Å². The minimum Gasteiger partial charge on any atom is -0.328 e. The van der Waals surface area contributed by atoms with Gasteiger partial charge >= 0.3 is 0 Å². The van der Waals surface area contributed by atoms with E-state index in [1.807, 2.05) is 0 Å². The maximum Gasteiger partial charge on any atom is 0.0173 e. The van der Waals surface area contributed by atoms with Crippen molar-refractivity contribution in [3.8, 4) is 0 Å². The Kier molecular flexibility index (Phi) is 7.20. The van der Waals surface area contributed by atoms with Crippen LogP contribution in [0, 0.1) is 0 Å². The smallest absolute Gasteiger partial charge is 0.0173 e. The molecule has 0 aliphatic heterocycles. The van der Waals surface area contributed by atoms with E-state index in [1.54, 1.807) is 0 Å². The first-order chi connectivity index (χ1) is 6.60. The Morgan fingerprint density at radius 1 is 1.14 bits per heavy atom. The highest BCUT2D eigenvalue weighted by Gasteiger charge is 2.21. The molecule has 14 heavy (non-hydrogen) atoms. The Morgan fingerprint density at radius 3 is 2.00 bits per heavy atom. The quantitative estimate of drug-likeness (QED) is 0.591. The highest BCUT2D eigenvalue weighted by atomic mass is 15.0. The van der Waals surface area contributed by atoms with E-state index in [9.17, 15) is 0 Å². The second-order valence-electron chi connectivity index (χ2n) is 4.39. The van der Waals surface area contributed by atoms with Gasteiger partial charge in [-0.25, -0.2) is 0 Å². The van der Waals surface area contributed by atoms with Crippen molar-refractivity contribution in [2.45, 2.75) is 71.4 Å². The van der Waals surface area contributed by atoms with Crippen LogP contribution in [0.15, 0.2) is 0 Å². The van der Waals surface area contributed by atoms with E-state index in [1.165, 1.54) is 25.7 Å². The molecule has 0 radical (unpaired) electrons. The molecule has 0 bridgehead atoms. The fourth-order valence-corrected chi connectivity index (χ4v) is 1.90. The van der Waals surface area contributed by atoms with Crippen molar-refractivity contribution in [2.24, 2.45) is 5.73 Å². The van der Waals surface area contributed by atoms with Crippen LogP contribution in [0.5, 0.6) is 0 Å². The molecule has 0 rings (SSSR count). The van der Waals surface area contributed by atoms with Crippen molar-refractivity contribution in [3.05, 3.63) is 0 Å². The largest absolute Gasteiger partial charge is 0.328 e. The van der Waals surface area contributed by atoms with E-state index in [0.29, 0.717) is 11.6 Å². The molecule has 0 aliphatic carbocycles. The number of nitrogens with one attached hydrogen (secondary N) is 1. The van der Waals surface area contributed by atoms with E-state index in [2.05, 4.69) is 33.0 Å². The molecule has 2 heteroatoms. The molecule has 0 aromatic rings. The summed E-state index contributed by atoms with van der Waals surface area (Å²) in [4.78, 5) is 0. The molecule has 86 valence electrons. The lowest BCUT2D eigenvalue weighted by molar-refractivity contribution is 0.287. The molecule has 0 aromatic carbocycles. The SMILES string of the molecule is CCC(CC)(CC)NCCCC(C)N. The minimum absolute atomic E-state index is 0.344. The summed E-state index contributed by atoms with van der Waals surface area (Å²) in [5.74, 6) is 0. The third-order valence-electron chi connectivity index (χ3n) is 3.37. The zero-order valence-corrected chi connectivity index (χ0v) is 10.4. The lowest BCUT2D eigenvalue weighted by Crippen LogP contribution is -2.44. The summed E-state index contributed by atoms with van der Waals surface area (Å²) in [5.41, 5.74) is 6.08. The Balaban J connectivity index is 3.71. The van der Waals surface area contributed by atoms with Gasteiger partial charge in [-0.3, -0.25) is 0 Å². The molecular formula is C12H28N2. The Morgan fingerprint density at radius 2 is 1.64 bits per heavy atom. The van der Waals surface area contributed by atoms with Gasteiger partial charge in [0.1, 0.15) is 0 Å². The first-order valence-electron chi connectivity index (χ1n) is 6.10. The van der Waals surface area contributed by atoms with E-state index >= 15 is 0 Å². The van der Waals surface area contributed by atoms with Crippen LogP contribution in [0.3, 0.4) is 0 Å². The summed E-state index contributed by atoms with van der Waals surface area (Å²) in [5, 5.41) is 3.68. The van der Waals surface area contributed by atoms with Crippen molar-refractivity contribution in [1.82, 2.24) is 5.32 Å².